The van der Waals surface area contributed by atoms with Gasteiger partial charge in [0, 0.05) is 22.5 Å². The molecule has 1 heterocycles. The molecule has 0 atom stereocenters. The molecule has 0 spiro atoms. The van der Waals surface area contributed by atoms with Gasteiger partial charge in [-0.15, -0.1) is 11.8 Å². The number of carboxylic acids is 1. The summed E-state index contributed by atoms with van der Waals surface area (Å²) < 4.78 is 5.43. The minimum absolute atomic E-state index is 0.101. The van der Waals surface area contributed by atoms with Crippen LogP contribution in [0.15, 0.2) is 35.6 Å². The van der Waals surface area contributed by atoms with E-state index in [4.69, 9.17) is 15.6 Å². The maximum absolute atomic E-state index is 11.1. The van der Waals surface area contributed by atoms with Crippen LogP contribution in [0.5, 0.6) is 5.75 Å². The van der Waals surface area contributed by atoms with Crippen molar-refractivity contribution < 1.29 is 14.6 Å². The van der Waals surface area contributed by atoms with Gasteiger partial charge in [-0.3, -0.25) is 0 Å². The van der Waals surface area contributed by atoms with Crippen LogP contribution in [0.1, 0.15) is 23.0 Å². The number of benzene rings is 1. The average Bonchev–Trinajstić information content (AvgIpc) is 2.48. The molecule has 0 saturated carbocycles. The fraction of sp³-hybridized carbons (Fsp3) is 0.214. The van der Waals surface area contributed by atoms with Crippen LogP contribution in [0.3, 0.4) is 0 Å². The smallest absolute Gasteiger partial charge is 0.339 e. The van der Waals surface area contributed by atoms with E-state index in [0.29, 0.717) is 23.7 Å². The predicted molar refractivity (Wildman–Crippen MR) is 80.6 cm³/mol. The van der Waals surface area contributed by atoms with Crippen molar-refractivity contribution in [3.05, 3.63) is 42.0 Å². The molecule has 7 heteroatoms. The van der Waals surface area contributed by atoms with Crippen LogP contribution in [-0.2, 0) is 5.75 Å². The Morgan fingerprint density at radius 2 is 2.29 bits per heavy atom. The number of carbonyl (C=O) groups is 1. The van der Waals surface area contributed by atoms with E-state index in [1.165, 1.54) is 24.3 Å². The summed E-state index contributed by atoms with van der Waals surface area (Å²) >= 11 is 1.41. The highest BCUT2D eigenvalue weighted by Gasteiger charge is 2.12. The number of hydrogen-bond acceptors (Lipinski definition) is 6. The maximum atomic E-state index is 11.1. The van der Waals surface area contributed by atoms with Gasteiger partial charge in [-0.2, -0.15) is 0 Å². The second-order valence-electron chi connectivity index (χ2n) is 4.11. The van der Waals surface area contributed by atoms with Crippen molar-refractivity contribution in [1.29, 1.82) is 0 Å². The first kappa shape index (κ1) is 15.1. The van der Waals surface area contributed by atoms with E-state index < -0.39 is 5.97 Å². The lowest BCUT2D eigenvalue weighted by molar-refractivity contribution is 0.0695. The summed E-state index contributed by atoms with van der Waals surface area (Å²) in [6, 6.07) is 5.41. The molecule has 2 rings (SSSR count). The lowest BCUT2D eigenvalue weighted by Gasteiger charge is -2.09. The van der Waals surface area contributed by atoms with Crippen LogP contribution < -0.4 is 10.5 Å². The Morgan fingerprint density at radius 3 is 3.00 bits per heavy atom. The molecule has 0 aliphatic heterocycles. The zero-order valence-corrected chi connectivity index (χ0v) is 12.3. The quantitative estimate of drug-likeness (QED) is 0.624. The third-order valence-electron chi connectivity index (χ3n) is 2.69. The Balaban J connectivity index is 2.16. The number of hydrogen-bond donors (Lipinski definition) is 2. The molecule has 1 aromatic carbocycles. The summed E-state index contributed by atoms with van der Waals surface area (Å²) in [6.45, 7) is 2.48. The number of thioether (sulfide) groups is 1. The van der Waals surface area contributed by atoms with Crippen molar-refractivity contribution in [2.45, 2.75) is 17.6 Å². The van der Waals surface area contributed by atoms with Crippen molar-refractivity contribution in [2.24, 2.45) is 0 Å². The number of aromatic nitrogens is 2. The van der Waals surface area contributed by atoms with Crippen LogP contribution in [0.2, 0.25) is 0 Å². The molecule has 1 aromatic heterocycles. The molecule has 6 nitrogen and oxygen atoms in total. The monoisotopic (exact) mass is 305 g/mol. The molecular formula is C14H15N3O3S. The van der Waals surface area contributed by atoms with Gasteiger partial charge in [0.1, 0.15) is 17.6 Å². The summed E-state index contributed by atoms with van der Waals surface area (Å²) in [5.41, 5.74) is 7.11. The minimum atomic E-state index is -1.04. The SMILES string of the molecule is CCOc1ccc(N)c(SCc2ncncc2C(=O)O)c1. The van der Waals surface area contributed by atoms with Crippen LogP contribution in [0.25, 0.3) is 0 Å². The summed E-state index contributed by atoms with van der Waals surface area (Å²) in [5.74, 6) is 0.0850. The van der Waals surface area contributed by atoms with Gasteiger partial charge in [0.15, 0.2) is 0 Å². The largest absolute Gasteiger partial charge is 0.494 e. The number of carboxylic acid groups (broad SMARTS) is 1. The molecule has 0 fully saturated rings. The topological polar surface area (TPSA) is 98.3 Å². The van der Waals surface area contributed by atoms with E-state index in [-0.39, 0.29) is 5.56 Å². The Hall–Kier alpha value is -2.28. The van der Waals surface area contributed by atoms with Crippen LogP contribution >= 0.6 is 11.8 Å². The first-order valence-electron chi connectivity index (χ1n) is 6.29. The average molecular weight is 305 g/mol. The Labute approximate surface area is 126 Å². The van der Waals surface area contributed by atoms with E-state index in [2.05, 4.69) is 9.97 Å². The summed E-state index contributed by atoms with van der Waals surface area (Å²) in [5, 5.41) is 9.10. The number of nitrogens with two attached hydrogens (primary N) is 1. The molecule has 0 aliphatic carbocycles. The van der Waals surface area contributed by atoms with Gasteiger partial charge in [-0.1, -0.05) is 0 Å². The number of aromatic carboxylic acids is 1. The molecule has 110 valence electrons. The van der Waals surface area contributed by atoms with Crippen LogP contribution in [0, 0.1) is 0 Å². The molecule has 0 radical (unpaired) electrons. The number of nitrogen functional groups attached to an aromatic ring is 1. The number of anilines is 1. The third-order valence-corrected chi connectivity index (χ3v) is 3.77. The molecule has 21 heavy (non-hydrogen) atoms. The van der Waals surface area contributed by atoms with Crippen molar-refractivity contribution in [1.82, 2.24) is 9.97 Å². The predicted octanol–water partition coefficient (Wildman–Crippen LogP) is 2.45. The van der Waals surface area contributed by atoms with Gasteiger partial charge in [0.2, 0.25) is 0 Å². The van der Waals surface area contributed by atoms with E-state index >= 15 is 0 Å². The molecule has 0 bridgehead atoms. The van der Waals surface area contributed by atoms with Gasteiger partial charge < -0.3 is 15.6 Å². The van der Waals surface area contributed by atoms with E-state index in [1.807, 2.05) is 13.0 Å². The van der Waals surface area contributed by atoms with Gasteiger partial charge in [-0.05, 0) is 25.1 Å². The van der Waals surface area contributed by atoms with Crippen molar-refractivity contribution in [2.75, 3.05) is 12.3 Å². The van der Waals surface area contributed by atoms with Gasteiger partial charge >= 0.3 is 5.97 Å². The molecule has 0 unspecified atom stereocenters. The van der Waals surface area contributed by atoms with E-state index in [0.717, 1.165) is 10.6 Å². The number of nitrogens with zero attached hydrogens (tertiary/aromatic N) is 2. The molecule has 3 N–H and O–H groups in total. The van der Waals surface area contributed by atoms with E-state index in [9.17, 15) is 4.79 Å². The van der Waals surface area contributed by atoms with Gasteiger partial charge in [-0.25, -0.2) is 14.8 Å². The Kier molecular flexibility index (Phi) is 4.99. The van der Waals surface area contributed by atoms with Crippen molar-refractivity contribution in [3.8, 4) is 5.75 Å². The highest BCUT2D eigenvalue weighted by molar-refractivity contribution is 7.98. The van der Waals surface area contributed by atoms with Crippen molar-refractivity contribution >= 4 is 23.4 Å². The number of ether oxygens (including phenoxy) is 1. The molecular weight excluding hydrogens is 290 g/mol. The maximum Gasteiger partial charge on any atom is 0.339 e. The molecule has 0 amide bonds. The lowest BCUT2D eigenvalue weighted by Crippen LogP contribution is -2.04. The normalized spacial score (nSPS) is 10.3. The lowest BCUT2D eigenvalue weighted by atomic mass is 10.2. The minimum Gasteiger partial charge on any atom is -0.494 e. The molecule has 2 aromatic rings. The standard InChI is InChI=1S/C14H15N3O3S/c1-2-20-9-3-4-11(15)13(5-9)21-7-12-10(14(18)19)6-16-8-17-12/h3-6,8H,2,7,15H2,1H3,(H,18,19). The second-order valence-corrected chi connectivity index (χ2v) is 5.13. The summed E-state index contributed by atoms with van der Waals surface area (Å²) in [6.07, 6.45) is 2.63. The Morgan fingerprint density at radius 1 is 1.48 bits per heavy atom. The molecule has 0 aliphatic rings. The van der Waals surface area contributed by atoms with Gasteiger partial charge in [0.05, 0.1) is 12.3 Å². The number of rotatable bonds is 6. The van der Waals surface area contributed by atoms with Gasteiger partial charge in [0.25, 0.3) is 0 Å². The van der Waals surface area contributed by atoms with Crippen molar-refractivity contribution in [3.63, 3.8) is 0 Å². The zero-order chi connectivity index (χ0) is 15.2. The van der Waals surface area contributed by atoms with Crippen LogP contribution in [0.4, 0.5) is 5.69 Å². The summed E-state index contributed by atoms with van der Waals surface area (Å²) in [4.78, 5) is 19.7. The first-order valence-corrected chi connectivity index (χ1v) is 7.27. The fourth-order valence-corrected chi connectivity index (χ4v) is 2.65. The first-order chi connectivity index (χ1) is 10.1. The highest BCUT2D eigenvalue weighted by atomic mass is 32.2. The Bertz CT molecular complexity index is 649. The van der Waals surface area contributed by atoms with Crippen LogP contribution in [-0.4, -0.2) is 27.7 Å². The zero-order valence-electron chi connectivity index (χ0n) is 11.4. The van der Waals surface area contributed by atoms with E-state index in [1.54, 1.807) is 12.1 Å². The highest BCUT2D eigenvalue weighted by Crippen LogP contribution is 2.31. The third kappa shape index (κ3) is 3.85. The molecule has 0 saturated heterocycles. The second kappa shape index (κ2) is 6.94. The summed E-state index contributed by atoms with van der Waals surface area (Å²) in [7, 11) is 0. The fourth-order valence-electron chi connectivity index (χ4n) is 1.69.